The Labute approximate surface area is 176 Å². The number of fused-ring (bicyclic) bond motifs is 1. The molecule has 1 aromatic rings. The molecule has 0 aromatic carbocycles. The molecule has 0 unspecified atom stereocenters. The number of ether oxygens (including phenoxy) is 2. The van der Waals surface area contributed by atoms with E-state index in [2.05, 4.69) is 20.6 Å². The molecule has 1 saturated heterocycles. The zero-order valence-corrected chi connectivity index (χ0v) is 18.3. The molecule has 2 fully saturated rings. The molecule has 1 aromatic heterocycles. The van der Waals surface area contributed by atoms with Gasteiger partial charge >= 0.3 is 6.09 Å². The highest BCUT2D eigenvalue weighted by Gasteiger charge is 2.53. The van der Waals surface area contributed by atoms with Gasteiger partial charge < -0.3 is 25.0 Å². The summed E-state index contributed by atoms with van der Waals surface area (Å²) in [4.78, 5) is 22.4. The average Bonchev–Trinajstić information content (AvgIpc) is 3.52. The third-order valence-corrected chi connectivity index (χ3v) is 8.82. The Morgan fingerprint density at radius 1 is 1.30 bits per heavy atom. The van der Waals surface area contributed by atoms with Crippen molar-refractivity contribution in [2.45, 2.75) is 37.5 Å². The topological polar surface area (TPSA) is 123 Å². The molecule has 10 nitrogen and oxygen atoms in total. The van der Waals surface area contributed by atoms with Gasteiger partial charge in [-0.05, 0) is 12.8 Å². The van der Waals surface area contributed by atoms with Gasteiger partial charge in [0.15, 0.2) is 9.84 Å². The van der Waals surface area contributed by atoms with Crippen LogP contribution in [0, 0.1) is 5.92 Å². The lowest BCUT2D eigenvalue weighted by molar-refractivity contribution is 0.0716. The standard InChI is InChI=1S/C19H29N5O5S/c1-3-30(26,27)19(5-6-19)12-21-16-14-11-29-7-4-15(14)22-17(23-16)20-8-13-9-24(10-13)18(25)28-2/h13H,3-12H2,1-2H3,(H2,20,21,22,23). The Morgan fingerprint density at radius 3 is 2.73 bits per heavy atom. The monoisotopic (exact) mass is 439 g/mol. The number of amides is 1. The number of likely N-dealkylation sites (tertiary alicyclic amines) is 1. The van der Waals surface area contributed by atoms with E-state index < -0.39 is 14.6 Å². The molecule has 1 saturated carbocycles. The molecule has 0 bridgehead atoms. The molecule has 2 N–H and O–H groups in total. The summed E-state index contributed by atoms with van der Waals surface area (Å²) in [5, 5.41) is 6.55. The van der Waals surface area contributed by atoms with Crippen LogP contribution >= 0.6 is 0 Å². The molecule has 0 radical (unpaired) electrons. The lowest BCUT2D eigenvalue weighted by Crippen LogP contribution is -2.52. The minimum atomic E-state index is -3.12. The average molecular weight is 440 g/mol. The highest BCUT2D eigenvalue weighted by Crippen LogP contribution is 2.44. The highest BCUT2D eigenvalue weighted by molar-refractivity contribution is 7.93. The molecule has 1 amide bonds. The molecular weight excluding hydrogens is 410 g/mol. The maximum atomic E-state index is 12.4. The number of aromatic nitrogens is 2. The molecule has 3 aliphatic rings. The predicted molar refractivity (Wildman–Crippen MR) is 111 cm³/mol. The van der Waals surface area contributed by atoms with E-state index in [-0.39, 0.29) is 11.8 Å². The maximum Gasteiger partial charge on any atom is 0.409 e. The van der Waals surface area contributed by atoms with Gasteiger partial charge in [0.05, 0.1) is 30.8 Å². The Balaban J connectivity index is 1.43. The number of hydrogen-bond donors (Lipinski definition) is 2. The van der Waals surface area contributed by atoms with Crippen molar-refractivity contribution in [1.29, 1.82) is 0 Å². The summed E-state index contributed by atoms with van der Waals surface area (Å²) >= 11 is 0. The number of sulfone groups is 1. The molecular formula is C19H29N5O5S. The summed E-state index contributed by atoms with van der Waals surface area (Å²) in [6.45, 7) is 5.00. The van der Waals surface area contributed by atoms with Crippen LogP contribution in [0.3, 0.4) is 0 Å². The van der Waals surface area contributed by atoms with Crippen LogP contribution in [0.2, 0.25) is 0 Å². The van der Waals surface area contributed by atoms with Gasteiger partial charge in [0.25, 0.3) is 0 Å². The van der Waals surface area contributed by atoms with Crippen LogP contribution in [-0.4, -0.2) is 79.8 Å². The van der Waals surface area contributed by atoms with E-state index >= 15 is 0 Å². The Kier molecular flexibility index (Phi) is 5.75. The number of rotatable bonds is 8. The first-order valence-electron chi connectivity index (χ1n) is 10.4. The number of anilines is 2. The normalized spacial score (nSPS) is 20.1. The van der Waals surface area contributed by atoms with E-state index in [9.17, 15) is 13.2 Å². The van der Waals surface area contributed by atoms with Crippen molar-refractivity contribution >= 4 is 27.7 Å². The largest absolute Gasteiger partial charge is 0.453 e. The van der Waals surface area contributed by atoms with Crippen molar-refractivity contribution in [3.8, 4) is 0 Å². The van der Waals surface area contributed by atoms with Crippen LogP contribution in [-0.2, 0) is 32.3 Å². The minimum Gasteiger partial charge on any atom is -0.453 e. The summed E-state index contributed by atoms with van der Waals surface area (Å²) in [5.74, 6) is 1.62. The lowest BCUT2D eigenvalue weighted by Gasteiger charge is -2.38. The molecule has 1 aliphatic carbocycles. The summed E-state index contributed by atoms with van der Waals surface area (Å²) in [7, 11) is -1.74. The lowest BCUT2D eigenvalue weighted by atomic mass is 10.0. The quantitative estimate of drug-likeness (QED) is 0.611. The fraction of sp³-hybridized carbons (Fsp3) is 0.737. The van der Waals surface area contributed by atoms with E-state index in [0.717, 1.165) is 11.3 Å². The molecule has 30 heavy (non-hydrogen) atoms. The second-order valence-electron chi connectivity index (χ2n) is 8.19. The predicted octanol–water partition coefficient (Wildman–Crippen LogP) is 1.04. The molecule has 3 heterocycles. The zero-order valence-electron chi connectivity index (χ0n) is 17.4. The van der Waals surface area contributed by atoms with Crippen LogP contribution in [0.15, 0.2) is 0 Å². The van der Waals surface area contributed by atoms with E-state index in [1.807, 2.05) is 0 Å². The minimum absolute atomic E-state index is 0.149. The molecule has 11 heteroatoms. The zero-order chi connectivity index (χ0) is 21.4. The van der Waals surface area contributed by atoms with Gasteiger partial charge in [-0.2, -0.15) is 4.98 Å². The van der Waals surface area contributed by atoms with E-state index in [1.54, 1.807) is 11.8 Å². The van der Waals surface area contributed by atoms with E-state index in [4.69, 9.17) is 9.47 Å². The SMILES string of the molecule is CCS(=O)(=O)C1(CNc2nc(NCC3CN(C(=O)OC)C3)nc3c2COCC3)CC1. The van der Waals surface area contributed by atoms with Gasteiger partial charge in [-0.3, -0.25) is 0 Å². The summed E-state index contributed by atoms with van der Waals surface area (Å²) in [6, 6.07) is 0. The molecule has 0 spiro atoms. The van der Waals surface area contributed by atoms with E-state index in [1.165, 1.54) is 7.11 Å². The number of carbonyl (C=O) groups is 1. The van der Waals surface area contributed by atoms with Crippen LogP contribution in [0.1, 0.15) is 31.0 Å². The molecule has 166 valence electrons. The fourth-order valence-corrected chi connectivity index (χ4v) is 5.59. The Bertz CT molecular complexity index is 912. The van der Waals surface area contributed by atoms with Gasteiger partial charge in [0.2, 0.25) is 5.95 Å². The molecule has 2 aliphatic heterocycles. The maximum absolute atomic E-state index is 12.4. The first-order valence-corrected chi connectivity index (χ1v) is 12.0. The Morgan fingerprint density at radius 2 is 2.07 bits per heavy atom. The van der Waals surface area contributed by atoms with E-state index in [0.29, 0.717) is 76.3 Å². The smallest absolute Gasteiger partial charge is 0.409 e. The van der Waals surface area contributed by atoms with Crippen molar-refractivity contribution in [3.63, 3.8) is 0 Å². The second kappa shape index (κ2) is 8.18. The Hall–Kier alpha value is -2.14. The highest BCUT2D eigenvalue weighted by atomic mass is 32.2. The summed E-state index contributed by atoms with van der Waals surface area (Å²) in [5.41, 5.74) is 1.83. The fourth-order valence-electron chi connectivity index (χ4n) is 3.96. The first kappa shape index (κ1) is 21.1. The van der Waals surface area contributed by atoms with Gasteiger partial charge in [-0.25, -0.2) is 18.2 Å². The van der Waals surface area contributed by atoms with Crippen LogP contribution in [0.4, 0.5) is 16.6 Å². The van der Waals surface area contributed by atoms with Gasteiger partial charge in [-0.1, -0.05) is 6.92 Å². The third kappa shape index (κ3) is 4.04. The number of nitrogens with zero attached hydrogens (tertiary/aromatic N) is 3. The van der Waals surface area contributed by atoms with Crippen molar-refractivity contribution in [2.24, 2.45) is 5.92 Å². The third-order valence-electron chi connectivity index (χ3n) is 6.19. The van der Waals surface area contributed by atoms with Crippen LogP contribution in [0.5, 0.6) is 0 Å². The second-order valence-corrected chi connectivity index (χ2v) is 10.9. The van der Waals surface area contributed by atoms with Gasteiger partial charge in [0, 0.05) is 49.8 Å². The number of carbonyl (C=O) groups excluding carboxylic acids is 1. The summed E-state index contributed by atoms with van der Waals surface area (Å²) in [6.07, 6.45) is 1.75. The number of nitrogens with one attached hydrogen (secondary N) is 2. The van der Waals surface area contributed by atoms with Crippen LogP contribution in [0.25, 0.3) is 0 Å². The van der Waals surface area contributed by atoms with Gasteiger partial charge in [-0.15, -0.1) is 0 Å². The number of methoxy groups -OCH3 is 1. The van der Waals surface area contributed by atoms with Crippen molar-refractivity contribution in [3.05, 3.63) is 11.3 Å². The molecule has 4 rings (SSSR count). The number of hydrogen-bond acceptors (Lipinski definition) is 9. The summed E-state index contributed by atoms with van der Waals surface area (Å²) < 4.78 is 34.5. The van der Waals surface area contributed by atoms with Gasteiger partial charge in [0.1, 0.15) is 5.82 Å². The first-order chi connectivity index (χ1) is 14.4. The van der Waals surface area contributed by atoms with Crippen molar-refractivity contribution in [2.75, 3.05) is 56.3 Å². The molecule has 0 atom stereocenters. The van der Waals surface area contributed by atoms with Crippen LogP contribution < -0.4 is 10.6 Å². The van der Waals surface area contributed by atoms with Crippen molar-refractivity contribution < 1.29 is 22.7 Å². The van der Waals surface area contributed by atoms with Crippen molar-refractivity contribution in [1.82, 2.24) is 14.9 Å².